The number of benzene rings is 1. The van der Waals surface area contributed by atoms with Crippen LogP contribution in [0.1, 0.15) is 24.8 Å². The lowest BCUT2D eigenvalue weighted by Gasteiger charge is -2.33. The summed E-state index contributed by atoms with van der Waals surface area (Å²) in [6.07, 6.45) is 2.91. The summed E-state index contributed by atoms with van der Waals surface area (Å²) in [5.74, 6) is 1.31. The van der Waals surface area contributed by atoms with Gasteiger partial charge in [-0.3, -0.25) is 4.79 Å². The number of piperidine rings is 1. The molecule has 0 radical (unpaired) electrons. The number of nitrogens with zero attached hydrogens (tertiary/aromatic N) is 1. The first kappa shape index (κ1) is 14.4. The van der Waals surface area contributed by atoms with Crippen LogP contribution in [0.5, 0.6) is 5.75 Å². The predicted octanol–water partition coefficient (Wildman–Crippen LogP) is 2.40. The van der Waals surface area contributed by atoms with E-state index in [0.717, 1.165) is 44.7 Å². The number of likely N-dealkylation sites (tertiary alicyclic amines) is 1. The van der Waals surface area contributed by atoms with Crippen molar-refractivity contribution in [3.8, 4) is 5.75 Å². The molecule has 4 nitrogen and oxygen atoms in total. The van der Waals surface area contributed by atoms with Crippen LogP contribution in [0.15, 0.2) is 24.3 Å². The van der Waals surface area contributed by atoms with Gasteiger partial charge in [-0.05, 0) is 25.0 Å². The van der Waals surface area contributed by atoms with Crippen molar-refractivity contribution in [3.05, 3.63) is 29.8 Å². The van der Waals surface area contributed by atoms with Gasteiger partial charge in [-0.2, -0.15) is 0 Å². The largest absolute Gasteiger partial charge is 0.490 e. The smallest absolute Gasteiger partial charge is 0.228 e. The lowest BCUT2D eigenvalue weighted by Crippen LogP contribution is -2.44. The molecule has 0 saturated carbocycles. The normalized spacial score (nSPS) is 23.3. The van der Waals surface area contributed by atoms with E-state index in [1.54, 1.807) is 0 Å². The molecule has 1 aromatic rings. The van der Waals surface area contributed by atoms with Crippen LogP contribution in [0, 0.1) is 12.8 Å². The van der Waals surface area contributed by atoms with Gasteiger partial charge in [0.25, 0.3) is 0 Å². The van der Waals surface area contributed by atoms with E-state index in [2.05, 4.69) is 13.0 Å². The molecular weight excluding hydrogens is 266 g/mol. The van der Waals surface area contributed by atoms with Crippen molar-refractivity contribution in [2.24, 2.45) is 5.92 Å². The van der Waals surface area contributed by atoms with Crippen molar-refractivity contribution in [1.29, 1.82) is 0 Å². The second-order valence-electron chi connectivity index (χ2n) is 5.97. The molecule has 0 aliphatic carbocycles. The molecule has 1 atom stereocenters. The first-order valence-corrected chi connectivity index (χ1v) is 7.83. The first-order chi connectivity index (χ1) is 10.2. The van der Waals surface area contributed by atoms with Crippen molar-refractivity contribution in [1.82, 2.24) is 4.90 Å². The SMILES string of the molecule is Cc1ccccc1OC1CCN(C(=O)C2CCOC2)CC1. The zero-order chi connectivity index (χ0) is 14.7. The van der Waals surface area contributed by atoms with E-state index in [1.165, 1.54) is 5.56 Å². The molecule has 2 aliphatic rings. The molecule has 3 rings (SSSR count). The monoisotopic (exact) mass is 289 g/mol. The quantitative estimate of drug-likeness (QED) is 0.857. The Hall–Kier alpha value is -1.55. The molecule has 0 N–H and O–H groups in total. The second kappa shape index (κ2) is 6.48. The van der Waals surface area contributed by atoms with Gasteiger partial charge in [0.05, 0.1) is 12.5 Å². The summed E-state index contributed by atoms with van der Waals surface area (Å²) < 4.78 is 11.4. The van der Waals surface area contributed by atoms with Gasteiger partial charge >= 0.3 is 0 Å². The molecule has 2 saturated heterocycles. The van der Waals surface area contributed by atoms with Crippen molar-refractivity contribution in [3.63, 3.8) is 0 Å². The van der Waals surface area contributed by atoms with Gasteiger partial charge in [0.15, 0.2) is 0 Å². The Balaban J connectivity index is 1.51. The van der Waals surface area contributed by atoms with Crippen LogP contribution < -0.4 is 4.74 Å². The number of amides is 1. The summed E-state index contributed by atoms with van der Waals surface area (Å²) in [4.78, 5) is 14.3. The van der Waals surface area contributed by atoms with Crippen LogP contribution in [-0.2, 0) is 9.53 Å². The first-order valence-electron chi connectivity index (χ1n) is 7.83. The fraction of sp³-hybridized carbons (Fsp3) is 0.588. The summed E-state index contributed by atoms with van der Waals surface area (Å²) >= 11 is 0. The summed E-state index contributed by atoms with van der Waals surface area (Å²) in [6, 6.07) is 8.10. The van der Waals surface area contributed by atoms with E-state index in [1.807, 2.05) is 23.1 Å². The Kier molecular flexibility index (Phi) is 4.44. The van der Waals surface area contributed by atoms with Gasteiger partial charge in [-0.15, -0.1) is 0 Å². The number of aryl methyl sites for hydroxylation is 1. The zero-order valence-electron chi connectivity index (χ0n) is 12.6. The number of rotatable bonds is 3. The Morgan fingerprint density at radius 1 is 1.24 bits per heavy atom. The van der Waals surface area contributed by atoms with Crippen LogP contribution in [0.3, 0.4) is 0 Å². The van der Waals surface area contributed by atoms with Gasteiger partial charge in [0, 0.05) is 32.5 Å². The number of para-hydroxylation sites is 1. The fourth-order valence-electron chi connectivity index (χ4n) is 3.05. The maximum atomic E-state index is 12.3. The van der Waals surface area contributed by atoms with Crippen LogP contribution in [0.4, 0.5) is 0 Å². The molecule has 4 heteroatoms. The van der Waals surface area contributed by atoms with Gasteiger partial charge in [-0.25, -0.2) is 0 Å². The van der Waals surface area contributed by atoms with Gasteiger partial charge < -0.3 is 14.4 Å². The average Bonchev–Trinajstić information content (AvgIpc) is 3.04. The summed E-state index contributed by atoms with van der Waals surface area (Å²) in [6.45, 7) is 4.98. The molecule has 21 heavy (non-hydrogen) atoms. The van der Waals surface area contributed by atoms with Gasteiger partial charge in [0.2, 0.25) is 5.91 Å². The molecule has 0 aromatic heterocycles. The maximum absolute atomic E-state index is 12.3. The molecule has 0 spiro atoms. The third kappa shape index (κ3) is 3.38. The fourth-order valence-corrected chi connectivity index (χ4v) is 3.05. The molecule has 2 fully saturated rings. The minimum atomic E-state index is 0.0823. The Bertz CT molecular complexity index is 489. The summed E-state index contributed by atoms with van der Waals surface area (Å²) in [5, 5.41) is 0. The van der Waals surface area contributed by atoms with Crippen LogP contribution in [0.2, 0.25) is 0 Å². The average molecular weight is 289 g/mol. The number of carbonyl (C=O) groups is 1. The van der Waals surface area contributed by atoms with Crippen molar-refractivity contribution < 1.29 is 14.3 Å². The number of hydrogen-bond donors (Lipinski definition) is 0. The standard InChI is InChI=1S/C17H23NO3/c1-13-4-2-3-5-16(13)21-15-6-9-18(10-7-15)17(19)14-8-11-20-12-14/h2-5,14-15H,6-12H2,1H3. The molecule has 114 valence electrons. The number of hydrogen-bond acceptors (Lipinski definition) is 3. The number of carbonyl (C=O) groups excluding carboxylic acids is 1. The Morgan fingerprint density at radius 3 is 2.67 bits per heavy atom. The zero-order valence-corrected chi connectivity index (χ0v) is 12.6. The van der Waals surface area contributed by atoms with Crippen molar-refractivity contribution in [2.45, 2.75) is 32.3 Å². The molecule has 1 amide bonds. The summed E-state index contributed by atoms with van der Waals surface area (Å²) in [5.41, 5.74) is 1.17. The highest BCUT2D eigenvalue weighted by Gasteiger charge is 2.31. The highest BCUT2D eigenvalue weighted by atomic mass is 16.5. The van der Waals surface area contributed by atoms with E-state index in [4.69, 9.17) is 9.47 Å². The highest BCUT2D eigenvalue weighted by Crippen LogP contribution is 2.24. The van der Waals surface area contributed by atoms with Crippen molar-refractivity contribution >= 4 is 5.91 Å². The lowest BCUT2D eigenvalue weighted by atomic mass is 10.0. The minimum absolute atomic E-state index is 0.0823. The van der Waals surface area contributed by atoms with Gasteiger partial charge in [0.1, 0.15) is 11.9 Å². The molecule has 1 unspecified atom stereocenters. The van der Waals surface area contributed by atoms with E-state index in [-0.39, 0.29) is 17.9 Å². The summed E-state index contributed by atoms with van der Waals surface area (Å²) in [7, 11) is 0. The minimum Gasteiger partial charge on any atom is -0.490 e. The van der Waals surface area contributed by atoms with Gasteiger partial charge in [-0.1, -0.05) is 18.2 Å². The van der Waals surface area contributed by atoms with Crippen molar-refractivity contribution in [2.75, 3.05) is 26.3 Å². The maximum Gasteiger partial charge on any atom is 0.228 e. The molecule has 0 bridgehead atoms. The third-order valence-electron chi connectivity index (χ3n) is 4.42. The topological polar surface area (TPSA) is 38.8 Å². The van der Waals surface area contributed by atoms with Crippen LogP contribution in [0.25, 0.3) is 0 Å². The van der Waals surface area contributed by atoms with E-state index in [0.29, 0.717) is 6.61 Å². The second-order valence-corrected chi connectivity index (χ2v) is 5.97. The predicted molar refractivity (Wildman–Crippen MR) is 80.3 cm³/mol. The Labute approximate surface area is 126 Å². The van der Waals surface area contributed by atoms with Crippen LogP contribution in [-0.4, -0.2) is 43.2 Å². The molecule has 1 aromatic carbocycles. The lowest BCUT2D eigenvalue weighted by molar-refractivity contribution is -0.137. The third-order valence-corrected chi connectivity index (χ3v) is 4.42. The van der Waals surface area contributed by atoms with E-state index < -0.39 is 0 Å². The highest BCUT2D eigenvalue weighted by molar-refractivity contribution is 5.79. The molecule has 2 heterocycles. The van der Waals surface area contributed by atoms with E-state index in [9.17, 15) is 4.79 Å². The van der Waals surface area contributed by atoms with E-state index >= 15 is 0 Å². The number of ether oxygens (including phenoxy) is 2. The molecular formula is C17H23NO3. The van der Waals surface area contributed by atoms with Crippen LogP contribution >= 0.6 is 0 Å². The Morgan fingerprint density at radius 2 is 2.00 bits per heavy atom. The molecule has 2 aliphatic heterocycles.